The smallest absolute Gasteiger partial charge is 0.0226 e. The van der Waals surface area contributed by atoms with Gasteiger partial charge in [0, 0.05) is 9.45 Å². The van der Waals surface area contributed by atoms with E-state index in [1.54, 1.807) is 0 Å². The monoisotopic (exact) mass is 294 g/mol. The molecule has 0 saturated heterocycles. The van der Waals surface area contributed by atoms with Gasteiger partial charge < -0.3 is 0 Å². The SMILES string of the molecule is Cc1ccc(I)cc1CCCCl. The molecule has 0 atom stereocenters. The van der Waals surface area contributed by atoms with Crippen LogP contribution in [0.15, 0.2) is 18.2 Å². The summed E-state index contributed by atoms with van der Waals surface area (Å²) < 4.78 is 1.31. The fourth-order valence-corrected chi connectivity index (χ4v) is 1.86. The van der Waals surface area contributed by atoms with Crippen molar-refractivity contribution >= 4 is 34.2 Å². The Kier molecular flexibility index (Phi) is 4.36. The van der Waals surface area contributed by atoms with Gasteiger partial charge in [-0.25, -0.2) is 0 Å². The van der Waals surface area contributed by atoms with Gasteiger partial charge in [0.05, 0.1) is 0 Å². The highest BCUT2D eigenvalue weighted by molar-refractivity contribution is 14.1. The van der Waals surface area contributed by atoms with Gasteiger partial charge in [0.25, 0.3) is 0 Å². The Labute approximate surface area is 92.5 Å². The first kappa shape index (κ1) is 10.3. The van der Waals surface area contributed by atoms with Crippen molar-refractivity contribution in [3.8, 4) is 0 Å². The van der Waals surface area contributed by atoms with Crippen LogP contribution < -0.4 is 0 Å². The predicted molar refractivity (Wildman–Crippen MR) is 62.9 cm³/mol. The average molecular weight is 295 g/mol. The average Bonchev–Trinajstić information content (AvgIpc) is 2.07. The van der Waals surface area contributed by atoms with Crippen molar-refractivity contribution in [3.05, 3.63) is 32.9 Å². The third-order valence-corrected chi connectivity index (χ3v) is 2.83. The fraction of sp³-hybridized carbons (Fsp3) is 0.400. The topological polar surface area (TPSA) is 0 Å². The number of hydrogen-bond donors (Lipinski definition) is 0. The third kappa shape index (κ3) is 2.94. The minimum Gasteiger partial charge on any atom is -0.127 e. The van der Waals surface area contributed by atoms with Gasteiger partial charge in [-0.15, -0.1) is 11.6 Å². The van der Waals surface area contributed by atoms with Crippen LogP contribution in [0, 0.1) is 10.5 Å². The molecule has 0 spiro atoms. The molecule has 0 aromatic heterocycles. The van der Waals surface area contributed by atoms with Gasteiger partial charge in [0.1, 0.15) is 0 Å². The lowest BCUT2D eigenvalue weighted by Crippen LogP contribution is -1.91. The number of hydrogen-bond acceptors (Lipinski definition) is 0. The molecule has 0 N–H and O–H groups in total. The maximum atomic E-state index is 5.64. The zero-order valence-corrected chi connectivity index (χ0v) is 10.0. The van der Waals surface area contributed by atoms with Crippen LogP contribution in [0.1, 0.15) is 17.5 Å². The molecule has 0 saturated carbocycles. The standard InChI is InChI=1S/C10H12ClI/c1-8-4-5-10(12)7-9(8)3-2-6-11/h4-5,7H,2-3,6H2,1H3. The molecule has 0 aliphatic carbocycles. The van der Waals surface area contributed by atoms with Crippen molar-refractivity contribution in [1.29, 1.82) is 0 Å². The summed E-state index contributed by atoms with van der Waals surface area (Å²) in [5.74, 6) is 0.755. The molecule has 0 unspecified atom stereocenters. The molecule has 0 heterocycles. The molecule has 1 aromatic carbocycles. The lowest BCUT2D eigenvalue weighted by molar-refractivity contribution is 0.918. The first-order chi connectivity index (χ1) is 5.74. The van der Waals surface area contributed by atoms with Crippen molar-refractivity contribution in [2.24, 2.45) is 0 Å². The predicted octanol–water partition coefficient (Wildman–Crippen LogP) is 3.77. The van der Waals surface area contributed by atoms with Crippen LogP contribution in [0.2, 0.25) is 0 Å². The van der Waals surface area contributed by atoms with Gasteiger partial charge in [-0.05, 0) is 65.6 Å². The molecule has 0 radical (unpaired) electrons. The molecule has 0 amide bonds. The van der Waals surface area contributed by atoms with Crippen LogP contribution in [0.3, 0.4) is 0 Å². The molecule has 66 valence electrons. The quantitative estimate of drug-likeness (QED) is 0.588. The van der Waals surface area contributed by atoms with Gasteiger partial charge in [-0.1, -0.05) is 6.07 Å². The summed E-state index contributed by atoms with van der Waals surface area (Å²) in [6.07, 6.45) is 2.18. The lowest BCUT2D eigenvalue weighted by Gasteiger charge is -2.04. The second kappa shape index (κ2) is 5.07. The summed E-state index contributed by atoms with van der Waals surface area (Å²) in [5.41, 5.74) is 2.81. The summed E-state index contributed by atoms with van der Waals surface area (Å²) in [6, 6.07) is 6.55. The van der Waals surface area contributed by atoms with E-state index in [9.17, 15) is 0 Å². The first-order valence-electron chi connectivity index (χ1n) is 4.05. The third-order valence-electron chi connectivity index (χ3n) is 1.89. The zero-order chi connectivity index (χ0) is 8.97. The van der Waals surface area contributed by atoms with E-state index < -0.39 is 0 Å². The summed E-state index contributed by atoms with van der Waals surface area (Å²) in [4.78, 5) is 0. The second-order valence-corrected chi connectivity index (χ2v) is 4.49. The van der Waals surface area contributed by atoms with Crippen molar-refractivity contribution < 1.29 is 0 Å². The molecule has 12 heavy (non-hydrogen) atoms. The van der Waals surface area contributed by atoms with E-state index in [1.807, 2.05) is 0 Å². The first-order valence-corrected chi connectivity index (χ1v) is 5.66. The Morgan fingerprint density at radius 2 is 2.17 bits per heavy atom. The molecule has 1 aromatic rings. The normalized spacial score (nSPS) is 10.2. The van der Waals surface area contributed by atoms with Crippen LogP contribution in [0.4, 0.5) is 0 Å². The highest BCUT2D eigenvalue weighted by Gasteiger charge is 1.98. The summed E-state index contributed by atoms with van der Waals surface area (Å²) in [6.45, 7) is 2.15. The summed E-state index contributed by atoms with van der Waals surface area (Å²) in [7, 11) is 0. The molecule has 0 nitrogen and oxygen atoms in total. The Morgan fingerprint density at radius 3 is 2.83 bits per heavy atom. The Hall–Kier alpha value is 0.240. The lowest BCUT2D eigenvalue weighted by atomic mass is 10.1. The summed E-state index contributed by atoms with van der Waals surface area (Å²) in [5, 5.41) is 0. The van der Waals surface area contributed by atoms with Gasteiger partial charge >= 0.3 is 0 Å². The minimum absolute atomic E-state index is 0.755. The Morgan fingerprint density at radius 1 is 1.42 bits per heavy atom. The van der Waals surface area contributed by atoms with Crippen LogP contribution in [-0.4, -0.2) is 5.88 Å². The van der Waals surface area contributed by atoms with Crippen molar-refractivity contribution in [1.82, 2.24) is 0 Å². The number of aryl methyl sites for hydroxylation is 2. The Bertz CT molecular complexity index is 258. The van der Waals surface area contributed by atoms with E-state index in [1.165, 1.54) is 14.7 Å². The molecular formula is C10H12ClI. The van der Waals surface area contributed by atoms with E-state index in [0.717, 1.165) is 18.7 Å². The molecule has 2 heteroatoms. The van der Waals surface area contributed by atoms with Crippen LogP contribution in [0.25, 0.3) is 0 Å². The number of alkyl halides is 1. The van der Waals surface area contributed by atoms with Crippen LogP contribution >= 0.6 is 34.2 Å². The number of rotatable bonds is 3. The molecule has 0 bridgehead atoms. The van der Waals surface area contributed by atoms with Gasteiger partial charge in [-0.3, -0.25) is 0 Å². The molecular weight excluding hydrogens is 282 g/mol. The zero-order valence-electron chi connectivity index (χ0n) is 7.11. The van der Waals surface area contributed by atoms with Gasteiger partial charge in [0.2, 0.25) is 0 Å². The van der Waals surface area contributed by atoms with Crippen LogP contribution in [-0.2, 0) is 6.42 Å². The van der Waals surface area contributed by atoms with E-state index in [4.69, 9.17) is 11.6 Å². The molecule has 1 rings (SSSR count). The minimum atomic E-state index is 0.755. The maximum Gasteiger partial charge on any atom is 0.0226 e. The Balaban J connectivity index is 2.75. The molecule has 0 aliphatic rings. The number of halogens is 2. The molecule has 0 fully saturated rings. The maximum absolute atomic E-state index is 5.64. The van der Waals surface area contributed by atoms with Gasteiger partial charge in [0.15, 0.2) is 0 Å². The largest absolute Gasteiger partial charge is 0.127 e. The molecule has 0 aliphatic heterocycles. The van der Waals surface area contributed by atoms with Crippen LogP contribution in [0.5, 0.6) is 0 Å². The van der Waals surface area contributed by atoms with E-state index >= 15 is 0 Å². The van der Waals surface area contributed by atoms with Gasteiger partial charge in [-0.2, -0.15) is 0 Å². The van der Waals surface area contributed by atoms with E-state index in [0.29, 0.717) is 0 Å². The second-order valence-electron chi connectivity index (χ2n) is 2.86. The highest BCUT2D eigenvalue weighted by atomic mass is 127. The van der Waals surface area contributed by atoms with E-state index in [-0.39, 0.29) is 0 Å². The van der Waals surface area contributed by atoms with Crippen molar-refractivity contribution in [2.75, 3.05) is 5.88 Å². The fourth-order valence-electron chi connectivity index (χ4n) is 1.17. The van der Waals surface area contributed by atoms with E-state index in [2.05, 4.69) is 47.7 Å². The highest BCUT2D eigenvalue weighted by Crippen LogP contribution is 2.14. The van der Waals surface area contributed by atoms with Crippen molar-refractivity contribution in [2.45, 2.75) is 19.8 Å². The number of benzene rings is 1. The van der Waals surface area contributed by atoms with Crippen molar-refractivity contribution in [3.63, 3.8) is 0 Å². The summed E-state index contributed by atoms with van der Waals surface area (Å²) >= 11 is 7.98.